The number of carbonyl (C=O) groups excluding carboxylic acids is 1. The molecule has 1 atom stereocenters. The van der Waals surface area contributed by atoms with E-state index in [4.69, 9.17) is 9.47 Å². The molecule has 2 aliphatic rings. The van der Waals surface area contributed by atoms with E-state index in [9.17, 15) is 4.79 Å². The Kier molecular flexibility index (Phi) is 4.65. The molecule has 1 N–H and O–H groups in total. The van der Waals surface area contributed by atoms with E-state index in [0.29, 0.717) is 24.7 Å². The second-order valence-electron chi connectivity index (χ2n) is 6.94. The summed E-state index contributed by atoms with van der Waals surface area (Å²) in [4.78, 5) is 18.9. The highest BCUT2D eigenvalue weighted by atomic mass is 16.6. The summed E-state index contributed by atoms with van der Waals surface area (Å²) in [6.45, 7) is 4.96. The third-order valence-electron chi connectivity index (χ3n) is 4.76. The lowest BCUT2D eigenvalue weighted by Crippen LogP contribution is -2.39. The van der Waals surface area contributed by atoms with Crippen LogP contribution in [0.15, 0.2) is 36.7 Å². The van der Waals surface area contributed by atoms with Crippen LogP contribution in [0.5, 0.6) is 11.5 Å². The summed E-state index contributed by atoms with van der Waals surface area (Å²) in [6.07, 6.45) is 5.60. The standard InChI is InChI=1S/C20H23N3O3/c1-14-3-2-6-23(13-14)20(24)15-9-17(12-21-11-15)22-16-4-5-18-19(10-16)26-8-7-25-18/h4-5,9-12,14,22H,2-3,6-8,13H2,1H3. The van der Waals surface area contributed by atoms with Gasteiger partial charge in [0.25, 0.3) is 5.91 Å². The number of likely N-dealkylation sites (tertiary alicyclic amines) is 1. The van der Waals surface area contributed by atoms with Crippen molar-refractivity contribution in [3.8, 4) is 11.5 Å². The minimum atomic E-state index is 0.0508. The first-order valence-electron chi connectivity index (χ1n) is 9.10. The van der Waals surface area contributed by atoms with E-state index < -0.39 is 0 Å². The Labute approximate surface area is 153 Å². The molecule has 4 rings (SSSR count). The SMILES string of the molecule is CC1CCCN(C(=O)c2cncc(Nc3ccc4c(c3)OCCO4)c2)C1. The van der Waals surface area contributed by atoms with Gasteiger partial charge in [0.2, 0.25) is 0 Å². The number of aromatic nitrogens is 1. The van der Waals surface area contributed by atoms with E-state index in [2.05, 4.69) is 17.2 Å². The lowest BCUT2D eigenvalue weighted by molar-refractivity contribution is 0.0682. The zero-order chi connectivity index (χ0) is 17.9. The molecule has 1 unspecified atom stereocenters. The van der Waals surface area contributed by atoms with Crippen molar-refractivity contribution in [3.05, 3.63) is 42.2 Å². The average Bonchev–Trinajstić information content (AvgIpc) is 2.67. The van der Waals surface area contributed by atoms with Crippen molar-refractivity contribution in [2.45, 2.75) is 19.8 Å². The van der Waals surface area contributed by atoms with E-state index >= 15 is 0 Å². The first-order valence-corrected chi connectivity index (χ1v) is 9.10. The molecule has 1 amide bonds. The molecule has 6 heteroatoms. The Bertz CT molecular complexity index is 809. The van der Waals surface area contributed by atoms with E-state index in [1.165, 1.54) is 6.42 Å². The zero-order valence-electron chi connectivity index (χ0n) is 14.9. The number of amides is 1. The van der Waals surface area contributed by atoms with Gasteiger partial charge in [0, 0.05) is 31.0 Å². The monoisotopic (exact) mass is 353 g/mol. The number of hydrogen-bond acceptors (Lipinski definition) is 5. The van der Waals surface area contributed by atoms with Crippen LogP contribution in [-0.2, 0) is 0 Å². The number of pyridine rings is 1. The van der Waals surface area contributed by atoms with Crippen LogP contribution in [0, 0.1) is 5.92 Å². The predicted molar refractivity (Wildman–Crippen MR) is 99.3 cm³/mol. The van der Waals surface area contributed by atoms with Crippen LogP contribution in [0.3, 0.4) is 0 Å². The van der Waals surface area contributed by atoms with Crippen LogP contribution in [-0.4, -0.2) is 42.1 Å². The van der Waals surface area contributed by atoms with Crippen LogP contribution < -0.4 is 14.8 Å². The van der Waals surface area contributed by atoms with Crippen LogP contribution in [0.25, 0.3) is 0 Å². The molecule has 1 aromatic heterocycles. The van der Waals surface area contributed by atoms with E-state index in [0.717, 1.165) is 42.4 Å². The van der Waals surface area contributed by atoms with Gasteiger partial charge in [-0.05, 0) is 37.0 Å². The quantitative estimate of drug-likeness (QED) is 0.915. The van der Waals surface area contributed by atoms with Gasteiger partial charge in [-0.25, -0.2) is 0 Å². The summed E-state index contributed by atoms with van der Waals surface area (Å²) >= 11 is 0. The maximum absolute atomic E-state index is 12.8. The van der Waals surface area contributed by atoms with Crippen LogP contribution in [0.2, 0.25) is 0 Å². The Morgan fingerprint density at radius 2 is 2.00 bits per heavy atom. The van der Waals surface area contributed by atoms with Gasteiger partial charge in [0.05, 0.1) is 17.4 Å². The zero-order valence-corrected chi connectivity index (χ0v) is 14.9. The van der Waals surface area contributed by atoms with Gasteiger partial charge >= 0.3 is 0 Å². The molecule has 6 nitrogen and oxygen atoms in total. The topological polar surface area (TPSA) is 63.7 Å². The maximum Gasteiger partial charge on any atom is 0.255 e. The Hall–Kier alpha value is -2.76. The van der Waals surface area contributed by atoms with Crippen molar-refractivity contribution in [1.29, 1.82) is 0 Å². The van der Waals surface area contributed by atoms with Crippen molar-refractivity contribution < 1.29 is 14.3 Å². The average molecular weight is 353 g/mol. The highest BCUT2D eigenvalue weighted by Gasteiger charge is 2.22. The number of rotatable bonds is 3. The van der Waals surface area contributed by atoms with Crippen molar-refractivity contribution >= 4 is 17.3 Å². The predicted octanol–water partition coefficient (Wildman–Crippen LogP) is 3.47. The maximum atomic E-state index is 12.8. The molecule has 2 aliphatic heterocycles. The lowest BCUT2D eigenvalue weighted by Gasteiger charge is -2.31. The molecular weight excluding hydrogens is 330 g/mol. The van der Waals surface area contributed by atoms with Gasteiger partial charge in [-0.2, -0.15) is 0 Å². The number of piperidine rings is 1. The van der Waals surface area contributed by atoms with Gasteiger partial charge in [0.1, 0.15) is 13.2 Å². The fourth-order valence-corrected chi connectivity index (χ4v) is 3.47. The molecule has 1 saturated heterocycles. The highest BCUT2D eigenvalue weighted by Crippen LogP contribution is 2.33. The summed E-state index contributed by atoms with van der Waals surface area (Å²) < 4.78 is 11.2. The summed E-state index contributed by atoms with van der Waals surface area (Å²) in [5, 5.41) is 3.29. The van der Waals surface area contributed by atoms with E-state index in [-0.39, 0.29) is 5.91 Å². The van der Waals surface area contributed by atoms with Crippen LogP contribution >= 0.6 is 0 Å². The van der Waals surface area contributed by atoms with Crippen LogP contribution in [0.1, 0.15) is 30.1 Å². The van der Waals surface area contributed by atoms with Gasteiger partial charge in [0.15, 0.2) is 11.5 Å². The second kappa shape index (κ2) is 7.23. The molecular formula is C20H23N3O3. The first kappa shape index (κ1) is 16.7. The Balaban J connectivity index is 1.50. The summed E-state index contributed by atoms with van der Waals surface area (Å²) in [5.41, 5.74) is 2.26. The van der Waals surface area contributed by atoms with Crippen molar-refractivity contribution in [3.63, 3.8) is 0 Å². The van der Waals surface area contributed by atoms with Gasteiger partial charge < -0.3 is 19.7 Å². The number of ether oxygens (including phenoxy) is 2. The van der Waals surface area contributed by atoms with E-state index in [1.807, 2.05) is 29.2 Å². The normalized spacial score (nSPS) is 19.1. The molecule has 0 radical (unpaired) electrons. The molecule has 1 aromatic carbocycles. The molecule has 1 fully saturated rings. The fraction of sp³-hybridized carbons (Fsp3) is 0.400. The Morgan fingerprint density at radius 3 is 2.85 bits per heavy atom. The molecule has 0 saturated carbocycles. The molecule has 136 valence electrons. The number of fused-ring (bicyclic) bond motifs is 1. The number of carbonyl (C=O) groups is 1. The van der Waals surface area contributed by atoms with Crippen molar-refractivity contribution in [2.24, 2.45) is 5.92 Å². The summed E-state index contributed by atoms with van der Waals surface area (Å²) in [7, 11) is 0. The molecule has 0 spiro atoms. The van der Waals surface area contributed by atoms with Gasteiger partial charge in [-0.15, -0.1) is 0 Å². The molecule has 26 heavy (non-hydrogen) atoms. The van der Waals surface area contributed by atoms with Gasteiger partial charge in [-0.1, -0.05) is 6.92 Å². The number of nitrogens with one attached hydrogen (secondary N) is 1. The minimum Gasteiger partial charge on any atom is -0.486 e. The fourth-order valence-electron chi connectivity index (χ4n) is 3.47. The summed E-state index contributed by atoms with van der Waals surface area (Å²) in [5.74, 6) is 2.08. The third-order valence-corrected chi connectivity index (χ3v) is 4.76. The van der Waals surface area contributed by atoms with Crippen molar-refractivity contribution in [1.82, 2.24) is 9.88 Å². The minimum absolute atomic E-state index is 0.0508. The largest absolute Gasteiger partial charge is 0.486 e. The molecule has 0 bridgehead atoms. The third kappa shape index (κ3) is 3.59. The molecule has 0 aliphatic carbocycles. The number of anilines is 2. The number of hydrogen-bond donors (Lipinski definition) is 1. The summed E-state index contributed by atoms with van der Waals surface area (Å²) in [6, 6.07) is 7.56. The number of nitrogens with zero attached hydrogens (tertiary/aromatic N) is 2. The lowest BCUT2D eigenvalue weighted by atomic mass is 10.00. The van der Waals surface area contributed by atoms with Crippen LogP contribution in [0.4, 0.5) is 11.4 Å². The molecule has 2 aromatic rings. The highest BCUT2D eigenvalue weighted by molar-refractivity contribution is 5.95. The molecule has 3 heterocycles. The number of benzene rings is 1. The first-order chi connectivity index (χ1) is 12.7. The second-order valence-corrected chi connectivity index (χ2v) is 6.94. The van der Waals surface area contributed by atoms with Crippen molar-refractivity contribution in [2.75, 3.05) is 31.6 Å². The Morgan fingerprint density at radius 1 is 1.15 bits per heavy atom. The smallest absolute Gasteiger partial charge is 0.255 e. The van der Waals surface area contributed by atoms with E-state index in [1.54, 1.807) is 12.4 Å². The van der Waals surface area contributed by atoms with Gasteiger partial charge in [-0.3, -0.25) is 9.78 Å².